The first-order valence-corrected chi connectivity index (χ1v) is 9.28. The van der Waals surface area contributed by atoms with Crippen molar-refractivity contribution in [1.29, 1.82) is 0 Å². The molecule has 0 aromatic heterocycles. The minimum Gasteiger partial charge on any atom is -0.327 e. The summed E-state index contributed by atoms with van der Waals surface area (Å²) < 4.78 is 27.6. The van der Waals surface area contributed by atoms with Crippen LogP contribution in [-0.2, 0) is 14.8 Å². The van der Waals surface area contributed by atoms with Crippen molar-refractivity contribution in [3.8, 4) is 0 Å². The first-order chi connectivity index (χ1) is 10.2. The third-order valence-corrected chi connectivity index (χ3v) is 6.28. The van der Waals surface area contributed by atoms with Gasteiger partial charge in [0.1, 0.15) is 0 Å². The molecule has 1 aromatic carbocycles. The summed E-state index contributed by atoms with van der Waals surface area (Å²) >= 11 is 3.32. The van der Waals surface area contributed by atoms with Gasteiger partial charge in [0.25, 0.3) is 0 Å². The fraction of sp³-hybridized carbons (Fsp3) is 0.500. The normalized spacial score (nSPS) is 19.9. The van der Waals surface area contributed by atoms with E-state index in [4.69, 9.17) is 5.73 Å². The third-order valence-electron chi connectivity index (χ3n) is 3.61. The van der Waals surface area contributed by atoms with E-state index >= 15 is 0 Å². The summed E-state index contributed by atoms with van der Waals surface area (Å²) in [5.74, 6) is -0.210. The number of halogens is 1. The van der Waals surface area contributed by atoms with Crippen molar-refractivity contribution in [2.75, 3.05) is 18.4 Å². The van der Waals surface area contributed by atoms with Crippen LogP contribution < -0.4 is 11.1 Å². The predicted molar refractivity (Wildman–Crippen MR) is 89.2 cm³/mol. The number of anilines is 1. The Hall–Kier alpha value is -0.960. The number of benzene rings is 1. The van der Waals surface area contributed by atoms with E-state index in [1.54, 1.807) is 13.0 Å². The van der Waals surface area contributed by atoms with Gasteiger partial charge in [-0.3, -0.25) is 4.79 Å². The standard InChI is InChI=1S/C14H20BrN3O3S/c1-9-6-13(17-10(2)19)12(15)7-14(9)22(20,21)18-5-3-4-11(16)8-18/h6-7,11H,3-5,8,16H2,1-2H3,(H,17,19). The number of amides is 1. The van der Waals surface area contributed by atoms with Crippen LogP contribution in [0.25, 0.3) is 0 Å². The number of nitrogens with one attached hydrogen (secondary N) is 1. The zero-order valence-corrected chi connectivity index (χ0v) is 15.0. The second kappa shape index (κ2) is 6.66. The number of aryl methyl sites for hydroxylation is 1. The van der Waals surface area contributed by atoms with Gasteiger partial charge in [0.2, 0.25) is 15.9 Å². The summed E-state index contributed by atoms with van der Waals surface area (Å²) in [4.78, 5) is 11.4. The lowest BCUT2D eigenvalue weighted by molar-refractivity contribution is -0.114. The number of hydrogen-bond donors (Lipinski definition) is 2. The van der Waals surface area contributed by atoms with Gasteiger partial charge >= 0.3 is 0 Å². The van der Waals surface area contributed by atoms with E-state index in [-0.39, 0.29) is 16.8 Å². The van der Waals surface area contributed by atoms with Crippen LogP contribution in [-0.4, -0.2) is 37.8 Å². The van der Waals surface area contributed by atoms with E-state index in [0.717, 1.165) is 12.8 Å². The Morgan fingerprint density at radius 2 is 2.14 bits per heavy atom. The lowest BCUT2D eigenvalue weighted by atomic mass is 10.1. The average Bonchev–Trinajstić information content (AvgIpc) is 2.41. The van der Waals surface area contributed by atoms with Crippen molar-refractivity contribution in [2.24, 2.45) is 5.73 Å². The van der Waals surface area contributed by atoms with Crippen molar-refractivity contribution < 1.29 is 13.2 Å². The highest BCUT2D eigenvalue weighted by Gasteiger charge is 2.30. The van der Waals surface area contributed by atoms with Crippen molar-refractivity contribution in [1.82, 2.24) is 4.31 Å². The molecule has 1 heterocycles. The van der Waals surface area contributed by atoms with Crippen molar-refractivity contribution in [2.45, 2.75) is 37.6 Å². The van der Waals surface area contributed by atoms with Gasteiger partial charge in [0.05, 0.1) is 10.6 Å². The summed E-state index contributed by atoms with van der Waals surface area (Å²) in [5, 5.41) is 2.66. The summed E-state index contributed by atoms with van der Waals surface area (Å²) in [6.07, 6.45) is 1.61. The second-order valence-electron chi connectivity index (χ2n) is 5.54. The molecule has 6 nitrogen and oxygen atoms in total. The van der Waals surface area contributed by atoms with Crippen LogP contribution in [0, 0.1) is 6.92 Å². The Labute approximate surface area is 139 Å². The molecule has 1 aromatic rings. The molecule has 0 aliphatic carbocycles. The third kappa shape index (κ3) is 3.68. The molecule has 1 fully saturated rings. The zero-order chi connectivity index (χ0) is 16.5. The first-order valence-electron chi connectivity index (χ1n) is 7.05. The molecule has 1 atom stereocenters. The number of nitrogens with two attached hydrogens (primary N) is 1. The highest BCUT2D eigenvalue weighted by Crippen LogP contribution is 2.31. The predicted octanol–water partition coefficient (Wildman–Crippen LogP) is 1.83. The van der Waals surface area contributed by atoms with Gasteiger partial charge in [-0.1, -0.05) is 0 Å². The molecule has 1 aliphatic heterocycles. The van der Waals surface area contributed by atoms with Crippen molar-refractivity contribution in [3.63, 3.8) is 0 Å². The van der Waals surface area contributed by atoms with Crippen molar-refractivity contribution >= 4 is 37.5 Å². The molecule has 2 rings (SSSR count). The summed E-state index contributed by atoms with van der Waals surface area (Å²) in [5.41, 5.74) is 7.03. The van der Waals surface area contributed by atoms with Crippen LogP contribution in [0.15, 0.2) is 21.5 Å². The maximum Gasteiger partial charge on any atom is 0.243 e. The Balaban J connectivity index is 2.39. The molecule has 22 heavy (non-hydrogen) atoms. The highest BCUT2D eigenvalue weighted by atomic mass is 79.9. The van der Waals surface area contributed by atoms with Gasteiger partial charge in [-0.2, -0.15) is 4.31 Å². The lowest BCUT2D eigenvalue weighted by Crippen LogP contribution is -2.45. The first kappa shape index (κ1) is 17.4. The zero-order valence-electron chi connectivity index (χ0n) is 12.6. The van der Waals surface area contributed by atoms with Gasteiger partial charge in [-0.25, -0.2) is 8.42 Å². The van der Waals surface area contributed by atoms with E-state index in [1.807, 2.05) is 0 Å². The molecule has 0 bridgehead atoms. The van der Waals surface area contributed by atoms with Gasteiger partial charge in [-0.05, 0) is 53.4 Å². The molecule has 8 heteroatoms. The lowest BCUT2D eigenvalue weighted by Gasteiger charge is -2.30. The van der Waals surface area contributed by atoms with E-state index in [9.17, 15) is 13.2 Å². The minimum absolute atomic E-state index is 0.120. The number of sulfonamides is 1. The fourth-order valence-electron chi connectivity index (χ4n) is 2.56. The van der Waals surface area contributed by atoms with Gasteiger partial charge in [0.15, 0.2) is 0 Å². The summed E-state index contributed by atoms with van der Waals surface area (Å²) in [7, 11) is -3.58. The summed E-state index contributed by atoms with van der Waals surface area (Å²) in [6.45, 7) is 3.95. The molecule has 3 N–H and O–H groups in total. The van der Waals surface area contributed by atoms with Crippen LogP contribution in [0.3, 0.4) is 0 Å². The molecular formula is C14H20BrN3O3S. The SMILES string of the molecule is CC(=O)Nc1cc(C)c(S(=O)(=O)N2CCCC(N)C2)cc1Br. The van der Waals surface area contributed by atoms with Crippen LogP contribution in [0.1, 0.15) is 25.3 Å². The van der Waals surface area contributed by atoms with Crippen LogP contribution in [0.5, 0.6) is 0 Å². The number of carbonyl (C=O) groups is 1. The molecule has 1 amide bonds. The fourth-order valence-corrected chi connectivity index (χ4v) is 4.92. The Kier molecular flexibility index (Phi) is 5.26. The minimum atomic E-state index is -3.58. The number of rotatable bonds is 3. The molecule has 1 saturated heterocycles. The molecule has 1 aliphatic rings. The van der Waals surface area contributed by atoms with E-state index in [1.165, 1.54) is 17.3 Å². The number of hydrogen-bond acceptors (Lipinski definition) is 4. The van der Waals surface area contributed by atoms with Crippen LogP contribution >= 0.6 is 15.9 Å². The Bertz CT molecular complexity index is 691. The maximum absolute atomic E-state index is 12.8. The topological polar surface area (TPSA) is 92.5 Å². The molecule has 1 unspecified atom stereocenters. The molecule has 0 radical (unpaired) electrons. The van der Waals surface area contributed by atoms with Gasteiger partial charge in [0, 0.05) is 30.5 Å². The molecule has 0 spiro atoms. The smallest absolute Gasteiger partial charge is 0.243 e. The van der Waals surface area contributed by atoms with Gasteiger partial charge in [-0.15, -0.1) is 0 Å². The molecule has 0 saturated carbocycles. The Morgan fingerprint density at radius 3 is 2.73 bits per heavy atom. The molecule has 122 valence electrons. The van der Waals surface area contributed by atoms with E-state index in [2.05, 4.69) is 21.2 Å². The average molecular weight is 390 g/mol. The largest absolute Gasteiger partial charge is 0.327 e. The molecular weight excluding hydrogens is 370 g/mol. The second-order valence-corrected chi connectivity index (χ2v) is 8.30. The van der Waals surface area contributed by atoms with Gasteiger partial charge < -0.3 is 11.1 Å². The number of nitrogens with zero attached hydrogens (tertiary/aromatic N) is 1. The van der Waals surface area contributed by atoms with E-state index < -0.39 is 10.0 Å². The van der Waals surface area contributed by atoms with Crippen molar-refractivity contribution in [3.05, 3.63) is 22.2 Å². The van der Waals surface area contributed by atoms with E-state index in [0.29, 0.717) is 28.8 Å². The number of piperidine rings is 1. The number of carbonyl (C=O) groups excluding carboxylic acids is 1. The highest BCUT2D eigenvalue weighted by molar-refractivity contribution is 9.10. The van der Waals surface area contributed by atoms with Crippen LogP contribution in [0.4, 0.5) is 5.69 Å². The summed E-state index contributed by atoms with van der Waals surface area (Å²) in [6, 6.07) is 3.07. The van der Waals surface area contributed by atoms with Crippen LogP contribution in [0.2, 0.25) is 0 Å². The Morgan fingerprint density at radius 1 is 1.45 bits per heavy atom. The quantitative estimate of drug-likeness (QED) is 0.824. The maximum atomic E-state index is 12.8. The monoisotopic (exact) mass is 389 g/mol.